The molecule has 1 aliphatic heterocycles. The van der Waals surface area contributed by atoms with E-state index in [0.717, 1.165) is 25.9 Å². The van der Waals surface area contributed by atoms with E-state index in [1.54, 1.807) is 6.08 Å². The molecule has 5 heteroatoms. The average molecular weight is 321 g/mol. The highest BCUT2D eigenvalue weighted by atomic mass is 16.2. The fourth-order valence-electron chi connectivity index (χ4n) is 3.68. The smallest absolute Gasteiger partial charge is 0.237 e. The lowest BCUT2D eigenvalue weighted by Gasteiger charge is -2.35. The molecular weight excluding hydrogens is 290 g/mol. The third-order valence-corrected chi connectivity index (χ3v) is 5.19. The van der Waals surface area contributed by atoms with Crippen LogP contribution in [0.25, 0.3) is 0 Å². The molecule has 0 bridgehead atoms. The first-order valence-electron chi connectivity index (χ1n) is 9.02. The number of likely N-dealkylation sites (tertiary alicyclic amines) is 1. The average Bonchev–Trinajstić information content (AvgIpc) is 3.05. The van der Waals surface area contributed by atoms with Gasteiger partial charge in [-0.3, -0.25) is 14.5 Å². The summed E-state index contributed by atoms with van der Waals surface area (Å²) >= 11 is 0. The van der Waals surface area contributed by atoms with Crippen LogP contribution < -0.4 is 10.6 Å². The monoisotopic (exact) mass is 321 g/mol. The Morgan fingerprint density at radius 2 is 1.87 bits per heavy atom. The molecule has 1 saturated carbocycles. The largest absolute Gasteiger partial charge is 0.353 e. The van der Waals surface area contributed by atoms with Crippen molar-refractivity contribution in [3.05, 3.63) is 12.7 Å². The zero-order valence-electron chi connectivity index (χ0n) is 14.4. The van der Waals surface area contributed by atoms with Crippen LogP contribution >= 0.6 is 0 Å². The Morgan fingerprint density at radius 1 is 1.22 bits per heavy atom. The Morgan fingerprint density at radius 3 is 2.48 bits per heavy atom. The van der Waals surface area contributed by atoms with Crippen molar-refractivity contribution in [2.45, 2.75) is 64.0 Å². The van der Waals surface area contributed by atoms with E-state index in [9.17, 15) is 9.59 Å². The van der Waals surface area contributed by atoms with Crippen LogP contribution in [0.1, 0.15) is 51.9 Å². The number of carbonyl (C=O) groups is 2. The van der Waals surface area contributed by atoms with Gasteiger partial charge in [0.25, 0.3) is 0 Å². The van der Waals surface area contributed by atoms with E-state index in [1.807, 2.05) is 6.92 Å². The summed E-state index contributed by atoms with van der Waals surface area (Å²) in [6, 6.07) is 0.147. The molecule has 130 valence electrons. The summed E-state index contributed by atoms with van der Waals surface area (Å²) in [5.74, 6) is 0.865. The lowest BCUT2D eigenvalue weighted by molar-refractivity contribution is -0.127. The predicted molar refractivity (Wildman–Crippen MR) is 92.0 cm³/mol. The van der Waals surface area contributed by atoms with Gasteiger partial charge in [0.2, 0.25) is 11.8 Å². The highest BCUT2D eigenvalue weighted by molar-refractivity contribution is 5.81. The lowest BCUT2D eigenvalue weighted by Crippen LogP contribution is -2.51. The molecule has 1 saturated heterocycles. The summed E-state index contributed by atoms with van der Waals surface area (Å²) in [6.45, 7) is 7.78. The molecular formula is C18H31N3O2. The molecule has 0 radical (unpaired) electrons. The molecule has 2 aliphatic rings. The Bertz CT molecular complexity index is 410. The van der Waals surface area contributed by atoms with Crippen LogP contribution in [0.3, 0.4) is 0 Å². The van der Waals surface area contributed by atoms with Crippen LogP contribution in [-0.4, -0.2) is 48.4 Å². The van der Waals surface area contributed by atoms with Gasteiger partial charge in [-0.25, -0.2) is 0 Å². The fourth-order valence-corrected chi connectivity index (χ4v) is 3.68. The van der Waals surface area contributed by atoms with E-state index in [2.05, 4.69) is 22.1 Å². The van der Waals surface area contributed by atoms with Crippen molar-refractivity contribution in [3.63, 3.8) is 0 Å². The minimum Gasteiger partial charge on any atom is -0.353 e. The summed E-state index contributed by atoms with van der Waals surface area (Å²) in [7, 11) is 0. The van der Waals surface area contributed by atoms with Gasteiger partial charge in [-0.1, -0.05) is 18.9 Å². The highest BCUT2D eigenvalue weighted by Crippen LogP contribution is 2.27. The molecule has 1 atom stereocenters. The van der Waals surface area contributed by atoms with Crippen LogP contribution in [-0.2, 0) is 9.59 Å². The quantitative estimate of drug-likeness (QED) is 0.703. The van der Waals surface area contributed by atoms with Gasteiger partial charge < -0.3 is 10.6 Å². The van der Waals surface area contributed by atoms with Gasteiger partial charge in [0.05, 0.1) is 6.04 Å². The second-order valence-corrected chi connectivity index (χ2v) is 6.94. The second-order valence-electron chi connectivity index (χ2n) is 6.94. The summed E-state index contributed by atoms with van der Waals surface area (Å²) in [5.41, 5.74) is 0. The van der Waals surface area contributed by atoms with Gasteiger partial charge in [-0.15, -0.1) is 6.58 Å². The Kier molecular flexibility index (Phi) is 7.09. The van der Waals surface area contributed by atoms with Crippen molar-refractivity contribution in [2.24, 2.45) is 5.92 Å². The normalized spacial score (nSPS) is 21.8. The highest BCUT2D eigenvalue weighted by Gasteiger charge is 2.27. The standard InChI is InChI=1S/C18H31N3O2/c1-3-10-19-18(23)14(2)21-11-8-16(9-12-21)20-17(22)13-15-6-4-5-7-15/h3,14-16H,1,4-13H2,2H3,(H,19,23)(H,20,22)/t14-/m1/s1. The molecule has 0 aromatic rings. The predicted octanol–water partition coefficient (Wildman–Crippen LogP) is 1.84. The molecule has 23 heavy (non-hydrogen) atoms. The van der Waals surface area contributed by atoms with Crippen molar-refractivity contribution in [1.82, 2.24) is 15.5 Å². The Labute approximate surface area is 139 Å². The van der Waals surface area contributed by atoms with Crippen LogP contribution in [0.15, 0.2) is 12.7 Å². The number of hydrogen-bond acceptors (Lipinski definition) is 3. The van der Waals surface area contributed by atoms with Crippen molar-refractivity contribution < 1.29 is 9.59 Å². The molecule has 2 amide bonds. The van der Waals surface area contributed by atoms with Crippen molar-refractivity contribution in [2.75, 3.05) is 19.6 Å². The van der Waals surface area contributed by atoms with Gasteiger partial charge in [0, 0.05) is 32.1 Å². The van der Waals surface area contributed by atoms with E-state index in [4.69, 9.17) is 0 Å². The lowest BCUT2D eigenvalue weighted by atomic mass is 10.0. The van der Waals surface area contributed by atoms with Gasteiger partial charge >= 0.3 is 0 Å². The van der Waals surface area contributed by atoms with Crippen LogP contribution in [0.2, 0.25) is 0 Å². The Balaban J connectivity index is 1.67. The topological polar surface area (TPSA) is 61.4 Å². The fraction of sp³-hybridized carbons (Fsp3) is 0.778. The Hall–Kier alpha value is -1.36. The summed E-state index contributed by atoms with van der Waals surface area (Å²) < 4.78 is 0. The van der Waals surface area contributed by atoms with E-state index in [-0.39, 0.29) is 23.9 Å². The number of amides is 2. The van der Waals surface area contributed by atoms with Gasteiger partial charge in [-0.05, 0) is 38.5 Å². The molecule has 2 fully saturated rings. The molecule has 0 unspecified atom stereocenters. The third kappa shape index (κ3) is 5.65. The molecule has 1 aliphatic carbocycles. The third-order valence-electron chi connectivity index (χ3n) is 5.19. The van der Waals surface area contributed by atoms with Crippen molar-refractivity contribution in [1.29, 1.82) is 0 Å². The van der Waals surface area contributed by atoms with Gasteiger partial charge in [0.15, 0.2) is 0 Å². The van der Waals surface area contributed by atoms with Crippen molar-refractivity contribution in [3.8, 4) is 0 Å². The molecule has 0 spiro atoms. The minimum atomic E-state index is -0.120. The first-order valence-corrected chi connectivity index (χ1v) is 9.02. The molecule has 1 heterocycles. The maximum Gasteiger partial charge on any atom is 0.237 e. The van der Waals surface area contributed by atoms with E-state index in [1.165, 1.54) is 25.7 Å². The minimum absolute atomic E-state index is 0.0496. The number of piperidine rings is 1. The summed E-state index contributed by atoms with van der Waals surface area (Å²) in [5, 5.41) is 6.03. The summed E-state index contributed by atoms with van der Waals surface area (Å²) in [6.07, 6.45) is 9.22. The molecule has 5 nitrogen and oxygen atoms in total. The van der Waals surface area contributed by atoms with Crippen molar-refractivity contribution >= 4 is 11.8 Å². The second kappa shape index (κ2) is 9.06. The maximum atomic E-state index is 12.1. The number of carbonyl (C=O) groups excluding carboxylic acids is 2. The number of nitrogens with one attached hydrogen (secondary N) is 2. The first kappa shape index (κ1) is 18.0. The zero-order valence-corrected chi connectivity index (χ0v) is 14.4. The van der Waals surface area contributed by atoms with Crippen LogP contribution in [0.4, 0.5) is 0 Å². The SMILES string of the molecule is C=CCNC(=O)[C@@H](C)N1CCC(NC(=O)CC2CCCC2)CC1. The van der Waals surface area contributed by atoms with Gasteiger partial charge in [0.1, 0.15) is 0 Å². The number of hydrogen-bond donors (Lipinski definition) is 2. The first-order chi connectivity index (χ1) is 11.1. The van der Waals surface area contributed by atoms with Gasteiger partial charge in [-0.2, -0.15) is 0 Å². The zero-order chi connectivity index (χ0) is 16.7. The number of nitrogens with zero attached hydrogens (tertiary/aromatic N) is 1. The molecule has 2 rings (SSSR count). The number of rotatable bonds is 7. The van der Waals surface area contributed by atoms with Crippen LogP contribution in [0, 0.1) is 5.92 Å². The van der Waals surface area contributed by atoms with E-state index >= 15 is 0 Å². The molecule has 0 aromatic heterocycles. The van der Waals surface area contributed by atoms with Crippen LogP contribution in [0.5, 0.6) is 0 Å². The summed E-state index contributed by atoms with van der Waals surface area (Å²) in [4.78, 5) is 26.3. The molecule has 2 N–H and O–H groups in total. The van der Waals surface area contributed by atoms with E-state index < -0.39 is 0 Å². The van der Waals surface area contributed by atoms with E-state index in [0.29, 0.717) is 18.9 Å². The molecule has 0 aromatic carbocycles. The maximum absolute atomic E-state index is 12.1.